The summed E-state index contributed by atoms with van der Waals surface area (Å²) >= 11 is 0. The molecule has 1 rings (SSSR count). The number of nitrogens with two attached hydrogens (primary N) is 2. The lowest BCUT2D eigenvalue weighted by Crippen LogP contribution is -2.47. The van der Waals surface area contributed by atoms with E-state index in [1.807, 2.05) is 30.3 Å². The van der Waals surface area contributed by atoms with Crippen LogP contribution in [-0.2, 0) is 16.1 Å². The monoisotopic (exact) mass is 419 g/mol. The maximum absolute atomic E-state index is 12.5. The van der Waals surface area contributed by atoms with Crippen LogP contribution in [-0.4, -0.2) is 37.1 Å². The van der Waals surface area contributed by atoms with E-state index in [4.69, 9.17) is 16.2 Å². The zero-order chi connectivity index (χ0) is 22.0. The molecule has 0 bridgehead atoms. The molecule has 0 aliphatic carbocycles. The van der Waals surface area contributed by atoms with Crippen LogP contribution in [0, 0.1) is 0 Å². The maximum atomic E-state index is 12.5. The number of rotatable bonds is 15. The highest BCUT2D eigenvalue weighted by molar-refractivity contribution is 5.85. The molecular weight excluding hydrogens is 382 g/mol. The fourth-order valence-corrected chi connectivity index (χ4v) is 2.92. The van der Waals surface area contributed by atoms with E-state index in [0.29, 0.717) is 25.9 Å². The van der Waals surface area contributed by atoms with Crippen LogP contribution in [0.15, 0.2) is 35.3 Å². The highest BCUT2D eigenvalue weighted by atomic mass is 16.5. The normalized spacial score (nSPS) is 11.4. The predicted octanol–water partition coefficient (Wildman–Crippen LogP) is 2.81. The fraction of sp³-hybridized carbons (Fsp3) is 0.591. The zero-order valence-corrected chi connectivity index (χ0v) is 18.1. The summed E-state index contributed by atoms with van der Waals surface area (Å²) < 4.78 is 5.24. The van der Waals surface area contributed by atoms with Gasteiger partial charge in [0.2, 0.25) is 5.91 Å². The van der Waals surface area contributed by atoms with Crippen molar-refractivity contribution >= 4 is 18.0 Å². The third kappa shape index (κ3) is 12.6. The van der Waals surface area contributed by atoms with E-state index in [1.165, 1.54) is 25.7 Å². The SMILES string of the molecule is CCCCCCCCNC(=O)[C@H](CCCN=C(N)N)NC(=O)OCc1ccccc1. The van der Waals surface area contributed by atoms with Gasteiger partial charge in [-0.2, -0.15) is 0 Å². The van der Waals surface area contributed by atoms with Gasteiger partial charge >= 0.3 is 6.09 Å². The van der Waals surface area contributed by atoms with Gasteiger partial charge in [0, 0.05) is 13.1 Å². The summed E-state index contributed by atoms with van der Waals surface area (Å²) in [5, 5.41) is 5.57. The Morgan fingerprint density at radius 1 is 1.03 bits per heavy atom. The number of unbranched alkanes of at least 4 members (excludes halogenated alkanes) is 5. The second-order valence-corrected chi connectivity index (χ2v) is 7.27. The number of ether oxygens (including phenoxy) is 1. The molecule has 0 saturated carbocycles. The topological polar surface area (TPSA) is 132 Å². The number of hydrogen-bond acceptors (Lipinski definition) is 4. The van der Waals surface area contributed by atoms with Gasteiger partial charge in [-0.05, 0) is 24.8 Å². The lowest BCUT2D eigenvalue weighted by Gasteiger charge is -2.18. The molecule has 30 heavy (non-hydrogen) atoms. The second-order valence-electron chi connectivity index (χ2n) is 7.27. The minimum atomic E-state index is -0.692. The van der Waals surface area contributed by atoms with Gasteiger partial charge in [0.1, 0.15) is 12.6 Å². The van der Waals surface area contributed by atoms with Gasteiger partial charge in [-0.15, -0.1) is 0 Å². The molecule has 0 saturated heterocycles. The number of hydrogen-bond donors (Lipinski definition) is 4. The van der Waals surface area contributed by atoms with Gasteiger partial charge in [-0.3, -0.25) is 9.79 Å². The lowest BCUT2D eigenvalue weighted by molar-refractivity contribution is -0.123. The Balaban J connectivity index is 2.44. The second kappa shape index (κ2) is 16.1. The van der Waals surface area contributed by atoms with Crippen LogP contribution in [0.25, 0.3) is 0 Å². The molecule has 0 aliphatic heterocycles. The molecule has 6 N–H and O–H groups in total. The summed E-state index contributed by atoms with van der Waals surface area (Å²) in [5.74, 6) is -0.209. The van der Waals surface area contributed by atoms with Crippen LogP contribution in [0.5, 0.6) is 0 Å². The fourth-order valence-electron chi connectivity index (χ4n) is 2.92. The third-order valence-electron chi connectivity index (χ3n) is 4.60. The highest BCUT2D eigenvalue weighted by Gasteiger charge is 2.20. The van der Waals surface area contributed by atoms with Crippen molar-refractivity contribution in [2.24, 2.45) is 16.5 Å². The van der Waals surface area contributed by atoms with Crippen molar-refractivity contribution in [1.29, 1.82) is 0 Å². The van der Waals surface area contributed by atoms with Crippen molar-refractivity contribution in [3.05, 3.63) is 35.9 Å². The van der Waals surface area contributed by atoms with E-state index in [1.54, 1.807) is 0 Å². The number of aliphatic imine (C=N–C) groups is 1. The molecule has 8 nitrogen and oxygen atoms in total. The predicted molar refractivity (Wildman–Crippen MR) is 120 cm³/mol. The number of alkyl carbamates (subject to hydrolysis) is 1. The Hall–Kier alpha value is -2.77. The summed E-state index contributed by atoms with van der Waals surface area (Å²) in [4.78, 5) is 28.6. The van der Waals surface area contributed by atoms with Crippen LogP contribution in [0.4, 0.5) is 4.79 Å². The Kier molecular flexibility index (Phi) is 13.5. The first-order valence-corrected chi connectivity index (χ1v) is 10.8. The number of carbonyl (C=O) groups is 2. The summed E-state index contributed by atoms with van der Waals surface area (Å²) in [6, 6.07) is 8.69. The highest BCUT2D eigenvalue weighted by Crippen LogP contribution is 2.05. The molecule has 1 aromatic carbocycles. The third-order valence-corrected chi connectivity index (χ3v) is 4.60. The smallest absolute Gasteiger partial charge is 0.408 e. The molecule has 0 radical (unpaired) electrons. The molecule has 0 aliphatic rings. The van der Waals surface area contributed by atoms with Crippen molar-refractivity contribution in [1.82, 2.24) is 10.6 Å². The Labute approximate surface area is 179 Å². The summed E-state index contributed by atoms with van der Waals surface area (Å²) in [5.41, 5.74) is 11.5. The molecule has 0 spiro atoms. The van der Waals surface area contributed by atoms with E-state index in [0.717, 1.165) is 18.4 Å². The average molecular weight is 420 g/mol. The number of carbonyl (C=O) groups excluding carboxylic acids is 2. The van der Waals surface area contributed by atoms with E-state index < -0.39 is 12.1 Å². The Bertz CT molecular complexity index is 633. The van der Waals surface area contributed by atoms with Crippen LogP contribution in [0.2, 0.25) is 0 Å². The van der Waals surface area contributed by atoms with Crippen molar-refractivity contribution < 1.29 is 14.3 Å². The van der Waals surface area contributed by atoms with Gasteiger partial charge in [0.15, 0.2) is 5.96 Å². The van der Waals surface area contributed by atoms with Crippen molar-refractivity contribution in [3.8, 4) is 0 Å². The molecule has 8 heteroatoms. The molecule has 1 atom stereocenters. The lowest BCUT2D eigenvalue weighted by atomic mass is 10.1. The molecule has 0 heterocycles. The van der Waals surface area contributed by atoms with Crippen LogP contribution in [0.3, 0.4) is 0 Å². The van der Waals surface area contributed by atoms with Gasteiger partial charge in [0.05, 0.1) is 0 Å². The van der Waals surface area contributed by atoms with Crippen LogP contribution < -0.4 is 22.1 Å². The number of nitrogens with one attached hydrogen (secondary N) is 2. The maximum Gasteiger partial charge on any atom is 0.408 e. The quantitative estimate of drug-likeness (QED) is 0.197. The molecule has 0 aromatic heterocycles. The largest absolute Gasteiger partial charge is 0.445 e. The van der Waals surface area contributed by atoms with E-state index in [-0.39, 0.29) is 18.5 Å². The molecule has 1 aromatic rings. The molecule has 0 fully saturated rings. The number of nitrogens with zero attached hydrogens (tertiary/aromatic N) is 1. The first-order valence-electron chi connectivity index (χ1n) is 10.8. The van der Waals surface area contributed by atoms with Crippen molar-refractivity contribution in [2.75, 3.05) is 13.1 Å². The molecule has 2 amide bonds. The average Bonchev–Trinajstić information content (AvgIpc) is 2.74. The van der Waals surface area contributed by atoms with Gasteiger partial charge < -0.3 is 26.8 Å². The number of guanidine groups is 1. The molecule has 0 unspecified atom stereocenters. The first-order chi connectivity index (χ1) is 14.5. The van der Waals surface area contributed by atoms with E-state index in [2.05, 4.69) is 22.5 Å². The number of benzene rings is 1. The zero-order valence-electron chi connectivity index (χ0n) is 18.1. The minimum absolute atomic E-state index is 0.00862. The van der Waals surface area contributed by atoms with Crippen molar-refractivity contribution in [2.45, 2.75) is 70.9 Å². The summed E-state index contributed by atoms with van der Waals surface area (Å²) in [6.45, 7) is 3.32. The van der Waals surface area contributed by atoms with Gasteiger partial charge in [-0.25, -0.2) is 4.79 Å². The summed E-state index contributed by atoms with van der Waals surface area (Å²) in [6.07, 6.45) is 7.23. The van der Waals surface area contributed by atoms with Gasteiger partial charge in [-0.1, -0.05) is 69.4 Å². The molecule has 168 valence electrons. The summed E-state index contributed by atoms with van der Waals surface area (Å²) in [7, 11) is 0. The minimum Gasteiger partial charge on any atom is -0.445 e. The molecular formula is C22H37N5O3. The van der Waals surface area contributed by atoms with Crippen LogP contribution >= 0.6 is 0 Å². The Morgan fingerprint density at radius 2 is 1.73 bits per heavy atom. The Morgan fingerprint density at radius 3 is 2.43 bits per heavy atom. The van der Waals surface area contributed by atoms with Crippen molar-refractivity contribution in [3.63, 3.8) is 0 Å². The van der Waals surface area contributed by atoms with Gasteiger partial charge in [0.25, 0.3) is 0 Å². The number of amides is 2. The van der Waals surface area contributed by atoms with E-state index >= 15 is 0 Å². The first kappa shape index (κ1) is 25.3. The standard InChI is InChI=1S/C22H37N5O3/c1-2-3-4-5-6-10-15-25-20(28)19(14-11-16-26-21(23)24)27-22(29)30-17-18-12-8-7-9-13-18/h7-9,12-13,19H,2-6,10-11,14-17H2,1H3,(H,25,28)(H,27,29)(H4,23,24,26)/t19-/m0/s1. The van der Waals surface area contributed by atoms with Crippen LogP contribution in [0.1, 0.15) is 63.9 Å². The van der Waals surface area contributed by atoms with E-state index in [9.17, 15) is 9.59 Å².